The van der Waals surface area contributed by atoms with Gasteiger partial charge in [-0.15, -0.1) is 0 Å². The highest BCUT2D eigenvalue weighted by molar-refractivity contribution is 7.90. The van der Waals surface area contributed by atoms with Crippen molar-refractivity contribution in [2.24, 2.45) is 0 Å². The lowest BCUT2D eigenvalue weighted by molar-refractivity contribution is 0.476. The molecular weight excluding hydrogens is 190 g/mol. The normalized spacial score (nSPS) is 12.1. The van der Waals surface area contributed by atoms with Gasteiger partial charge in [0, 0.05) is 17.8 Å². The fraction of sp³-hybridized carbons (Fsp3) is 0.125. The van der Waals surface area contributed by atoms with Gasteiger partial charge in [-0.3, -0.25) is 0 Å². The van der Waals surface area contributed by atoms with Gasteiger partial charge in [0.25, 0.3) is 0 Å². The van der Waals surface area contributed by atoms with Crippen LogP contribution in [0.1, 0.15) is 0 Å². The molecule has 2 rings (SSSR count). The molecule has 0 amide bonds. The number of aromatic nitrogens is 1. The van der Waals surface area contributed by atoms with E-state index in [1.54, 1.807) is 12.1 Å². The van der Waals surface area contributed by atoms with Gasteiger partial charge in [-0.05, 0) is 12.1 Å². The van der Waals surface area contributed by atoms with Crippen molar-refractivity contribution in [1.29, 1.82) is 0 Å². The Morgan fingerprint density at radius 2 is 2.31 bits per heavy atom. The summed E-state index contributed by atoms with van der Waals surface area (Å²) < 4.78 is 27.1. The molecule has 0 atom stereocenters. The van der Waals surface area contributed by atoms with E-state index in [9.17, 15) is 8.42 Å². The molecular formula is C8H6NO3S. The highest BCUT2D eigenvalue weighted by Gasteiger charge is 2.14. The van der Waals surface area contributed by atoms with Crippen LogP contribution in [0.4, 0.5) is 0 Å². The summed E-state index contributed by atoms with van der Waals surface area (Å²) in [5.74, 6) is 0. The molecule has 0 aliphatic heterocycles. The van der Waals surface area contributed by atoms with Gasteiger partial charge in [0.15, 0.2) is 0 Å². The van der Waals surface area contributed by atoms with E-state index in [4.69, 9.17) is 4.42 Å². The predicted octanol–water partition coefficient (Wildman–Crippen LogP) is 1.03. The number of rotatable bonds is 1. The fourth-order valence-corrected chi connectivity index (χ4v) is 1.48. The molecule has 0 spiro atoms. The van der Waals surface area contributed by atoms with Crippen LogP contribution in [0.5, 0.6) is 0 Å². The Hall–Kier alpha value is -1.36. The van der Waals surface area contributed by atoms with E-state index in [0.29, 0.717) is 11.1 Å². The van der Waals surface area contributed by atoms with Gasteiger partial charge in [0.2, 0.25) is 20.6 Å². The molecule has 1 radical (unpaired) electrons. The number of furan rings is 1. The number of hydrogen-bond donors (Lipinski definition) is 0. The van der Waals surface area contributed by atoms with Crippen molar-refractivity contribution < 1.29 is 12.8 Å². The van der Waals surface area contributed by atoms with E-state index in [1.807, 2.05) is 0 Å². The van der Waals surface area contributed by atoms with Crippen LogP contribution in [0, 0.1) is 6.07 Å². The minimum atomic E-state index is -3.33. The van der Waals surface area contributed by atoms with E-state index in [0.717, 1.165) is 6.26 Å². The molecule has 0 unspecified atom stereocenters. The molecule has 13 heavy (non-hydrogen) atoms. The fourth-order valence-electron chi connectivity index (χ4n) is 0.959. The SMILES string of the molecule is CS(=O)(=O)c1[c]c2cccnc2o1. The summed E-state index contributed by atoms with van der Waals surface area (Å²) in [6.45, 7) is 0. The molecule has 5 heteroatoms. The molecule has 0 aliphatic carbocycles. The zero-order chi connectivity index (χ0) is 9.47. The lowest BCUT2D eigenvalue weighted by Crippen LogP contribution is -1.93. The number of nitrogens with zero attached hydrogens (tertiary/aromatic N) is 1. The second-order valence-corrected chi connectivity index (χ2v) is 4.56. The van der Waals surface area contributed by atoms with Crippen LogP contribution in [-0.4, -0.2) is 19.7 Å². The summed E-state index contributed by atoms with van der Waals surface area (Å²) in [6, 6.07) is 6.01. The van der Waals surface area contributed by atoms with Crippen LogP contribution in [0.15, 0.2) is 27.8 Å². The molecule has 4 nitrogen and oxygen atoms in total. The van der Waals surface area contributed by atoms with Crippen LogP contribution in [-0.2, 0) is 9.84 Å². The first-order valence-corrected chi connectivity index (χ1v) is 5.43. The number of sulfone groups is 1. The van der Waals surface area contributed by atoms with Crippen LogP contribution in [0.2, 0.25) is 0 Å². The molecule has 0 saturated heterocycles. The molecule has 2 aromatic rings. The van der Waals surface area contributed by atoms with E-state index in [2.05, 4.69) is 11.1 Å². The van der Waals surface area contributed by atoms with Crippen molar-refractivity contribution in [1.82, 2.24) is 4.98 Å². The van der Waals surface area contributed by atoms with Gasteiger partial charge in [-0.2, -0.15) is 0 Å². The molecule has 67 valence electrons. The average molecular weight is 196 g/mol. The van der Waals surface area contributed by atoms with Gasteiger partial charge >= 0.3 is 0 Å². The molecule has 0 saturated carbocycles. The Balaban J connectivity index is 2.77. The monoisotopic (exact) mass is 196 g/mol. The minimum Gasteiger partial charge on any atom is -0.426 e. The molecule has 0 fully saturated rings. The van der Waals surface area contributed by atoms with E-state index < -0.39 is 9.84 Å². The summed E-state index contributed by atoms with van der Waals surface area (Å²) in [7, 11) is -3.33. The molecule has 2 heterocycles. The van der Waals surface area contributed by atoms with Gasteiger partial charge < -0.3 is 4.42 Å². The summed E-state index contributed by atoms with van der Waals surface area (Å²) in [5.41, 5.74) is 0.294. The second-order valence-electron chi connectivity index (χ2n) is 2.64. The zero-order valence-electron chi connectivity index (χ0n) is 6.81. The third-order valence-corrected chi connectivity index (χ3v) is 2.39. The summed E-state index contributed by atoms with van der Waals surface area (Å²) in [4.78, 5) is 3.85. The largest absolute Gasteiger partial charge is 0.426 e. The maximum Gasteiger partial charge on any atom is 0.229 e. The van der Waals surface area contributed by atoms with Crippen molar-refractivity contribution >= 4 is 20.9 Å². The second kappa shape index (κ2) is 2.56. The first-order chi connectivity index (χ1) is 6.07. The molecule has 2 aromatic heterocycles. The van der Waals surface area contributed by atoms with Crippen molar-refractivity contribution in [2.75, 3.05) is 6.26 Å². The summed E-state index contributed by atoms with van der Waals surface area (Å²) >= 11 is 0. The molecule has 0 N–H and O–H groups in total. The quantitative estimate of drug-likeness (QED) is 0.683. The van der Waals surface area contributed by atoms with Crippen LogP contribution in [0.3, 0.4) is 0 Å². The predicted molar refractivity (Wildman–Crippen MR) is 46.0 cm³/mol. The summed E-state index contributed by atoms with van der Waals surface area (Å²) in [5, 5.41) is 0.407. The highest BCUT2D eigenvalue weighted by Crippen LogP contribution is 2.19. The number of pyridine rings is 1. The molecule has 0 aliphatic rings. The van der Waals surface area contributed by atoms with E-state index >= 15 is 0 Å². The Morgan fingerprint density at radius 1 is 1.54 bits per heavy atom. The van der Waals surface area contributed by atoms with Crippen molar-refractivity contribution in [3.8, 4) is 0 Å². The smallest absolute Gasteiger partial charge is 0.229 e. The standard InChI is InChI=1S/C8H6NO3S/c1-13(10,11)7-5-6-3-2-4-9-8(6)12-7/h2-4H,1H3. The Labute approximate surface area is 75.1 Å². The maximum atomic E-state index is 11.0. The Morgan fingerprint density at radius 3 is 2.92 bits per heavy atom. The molecule has 0 bridgehead atoms. The Kier molecular flexibility index (Phi) is 1.63. The van der Waals surface area contributed by atoms with E-state index in [1.165, 1.54) is 6.20 Å². The average Bonchev–Trinajstić information content (AvgIpc) is 2.45. The lowest BCUT2D eigenvalue weighted by atomic mass is 10.3. The van der Waals surface area contributed by atoms with Crippen molar-refractivity contribution in [2.45, 2.75) is 5.09 Å². The van der Waals surface area contributed by atoms with Crippen LogP contribution >= 0.6 is 0 Å². The minimum absolute atomic E-state index is 0.166. The van der Waals surface area contributed by atoms with Gasteiger partial charge in [0.1, 0.15) is 0 Å². The maximum absolute atomic E-state index is 11.0. The van der Waals surface area contributed by atoms with Gasteiger partial charge in [0.05, 0.1) is 6.07 Å². The topological polar surface area (TPSA) is 60.2 Å². The number of hydrogen-bond acceptors (Lipinski definition) is 4. The van der Waals surface area contributed by atoms with E-state index in [-0.39, 0.29) is 5.09 Å². The zero-order valence-corrected chi connectivity index (χ0v) is 7.63. The molecule has 0 aromatic carbocycles. The lowest BCUT2D eigenvalue weighted by Gasteiger charge is -1.86. The van der Waals surface area contributed by atoms with Crippen molar-refractivity contribution in [3.05, 3.63) is 24.4 Å². The van der Waals surface area contributed by atoms with Crippen molar-refractivity contribution in [3.63, 3.8) is 0 Å². The first kappa shape index (κ1) is 8.25. The van der Waals surface area contributed by atoms with Gasteiger partial charge in [-0.1, -0.05) is 0 Å². The van der Waals surface area contributed by atoms with Crippen LogP contribution in [0.25, 0.3) is 11.1 Å². The highest BCUT2D eigenvalue weighted by atomic mass is 32.2. The Bertz CT molecular complexity index is 508. The first-order valence-electron chi connectivity index (χ1n) is 3.54. The van der Waals surface area contributed by atoms with Gasteiger partial charge in [-0.25, -0.2) is 13.4 Å². The van der Waals surface area contributed by atoms with Crippen LogP contribution < -0.4 is 0 Å². The third-order valence-electron chi connectivity index (χ3n) is 1.53. The summed E-state index contributed by atoms with van der Waals surface area (Å²) in [6.07, 6.45) is 2.60. The number of fused-ring (bicyclic) bond motifs is 1. The third kappa shape index (κ3) is 1.42.